The van der Waals surface area contributed by atoms with Crippen LogP contribution >= 0.6 is 0 Å². The monoisotopic (exact) mass is 369 g/mol. The third kappa shape index (κ3) is 3.26. The zero-order valence-corrected chi connectivity index (χ0v) is 15.3. The smallest absolute Gasteiger partial charge is 0.292 e. The lowest BCUT2D eigenvalue weighted by atomic mass is 10.1. The van der Waals surface area contributed by atoms with E-state index in [2.05, 4.69) is 0 Å². The van der Waals surface area contributed by atoms with E-state index in [1.807, 2.05) is 48.5 Å². The molecule has 2 heterocycles. The number of amides is 1. The summed E-state index contributed by atoms with van der Waals surface area (Å²) >= 11 is 0. The summed E-state index contributed by atoms with van der Waals surface area (Å²) in [5.74, 6) is 0.151. The third-order valence-corrected chi connectivity index (χ3v) is 4.83. The van der Waals surface area contributed by atoms with E-state index in [1.54, 1.807) is 12.0 Å². The maximum Gasteiger partial charge on any atom is 0.292 e. The zero-order chi connectivity index (χ0) is 18.7. The van der Waals surface area contributed by atoms with Crippen molar-refractivity contribution in [3.63, 3.8) is 0 Å². The largest absolute Gasteiger partial charge is 0.497 e. The molecule has 0 bridgehead atoms. The second-order valence-corrected chi connectivity index (χ2v) is 6.52. The maximum atomic E-state index is 13.1. The predicted molar refractivity (Wildman–Crippen MR) is 100 cm³/mol. The van der Waals surface area contributed by atoms with E-state index in [1.165, 1.54) is 0 Å². The lowest BCUT2D eigenvalue weighted by Crippen LogP contribution is -2.47. The second kappa shape index (κ2) is 7.58. The molecular formula is C21H23NO5. The first kappa shape index (κ1) is 17.8. The summed E-state index contributed by atoms with van der Waals surface area (Å²) in [5, 5.41) is 0. The molecule has 2 aromatic carbocycles. The normalized spacial score (nSPS) is 17.8. The summed E-state index contributed by atoms with van der Waals surface area (Å²) in [6.45, 7) is 2.09. The van der Waals surface area contributed by atoms with E-state index in [9.17, 15) is 4.79 Å². The van der Waals surface area contributed by atoms with Gasteiger partial charge in [-0.25, -0.2) is 0 Å². The van der Waals surface area contributed by atoms with Gasteiger partial charge in [0.2, 0.25) is 0 Å². The van der Waals surface area contributed by atoms with E-state index in [-0.39, 0.29) is 5.91 Å². The zero-order valence-electron chi connectivity index (χ0n) is 15.3. The lowest BCUT2D eigenvalue weighted by Gasteiger charge is -2.32. The number of ether oxygens (including phenoxy) is 4. The topological polar surface area (TPSA) is 57.2 Å². The Kier molecular flexibility index (Phi) is 5.01. The molecule has 1 saturated heterocycles. The van der Waals surface area contributed by atoms with Crippen molar-refractivity contribution in [3.05, 3.63) is 54.1 Å². The van der Waals surface area contributed by atoms with Crippen LogP contribution in [0.3, 0.4) is 0 Å². The van der Waals surface area contributed by atoms with Gasteiger partial charge in [0.05, 0.1) is 32.6 Å². The number of methoxy groups -OCH3 is 1. The van der Waals surface area contributed by atoms with Crippen molar-refractivity contribution in [3.8, 4) is 11.5 Å². The molecule has 0 radical (unpaired) electrons. The van der Waals surface area contributed by atoms with Crippen molar-refractivity contribution < 1.29 is 23.7 Å². The van der Waals surface area contributed by atoms with Crippen LogP contribution in [0.2, 0.25) is 0 Å². The molecule has 6 heteroatoms. The van der Waals surface area contributed by atoms with Crippen molar-refractivity contribution >= 4 is 11.6 Å². The maximum absolute atomic E-state index is 13.1. The summed E-state index contributed by atoms with van der Waals surface area (Å²) in [5.41, 5.74) is 1.65. The van der Waals surface area contributed by atoms with Crippen LogP contribution in [0.15, 0.2) is 48.5 Å². The molecule has 2 aliphatic rings. The first-order chi connectivity index (χ1) is 13.2. The van der Waals surface area contributed by atoms with Gasteiger partial charge >= 0.3 is 0 Å². The number of anilines is 1. The van der Waals surface area contributed by atoms with Gasteiger partial charge in [-0.3, -0.25) is 4.79 Å². The Labute approximate surface area is 158 Å². The van der Waals surface area contributed by atoms with Gasteiger partial charge in [-0.1, -0.05) is 18.2 Å². The molecule has 0 saturated carbocycles. The molecule has 2 aromatic rings. The highest BCUT2D eigenvalue weighted by Gasteiger charge is 2.54. The Morgan fingerprint density at radius 1 is 1.04 bits per heavy atom. The van der Waals surface area contributed by atoms with Crippen molar-refractivity contribution in [2.45, 2.75) is 18.6 Å². The van der Waals surface area contributed by atoms with Crippen LogP contribution in [0, 0.1) is 0 Å². The van der Waals surface area contributed by atoms with Crippen LogP contribution in [0.4, 0.5) is 5.69 Å². The number of hydrogen-bond donors (Lipinski definition) is 0. The predicted octanol–water partition coefficient (Wildman–Crippen LogP) is 3.10. The van der Waals surface area contributed by atoms with E-state index in [0.29, 0.717) is 32.8 Å². The molecule has 0 atom stereocenters. The van der Waals surface area contributed by atoms with E-state index in [0.717, 1.165) is 29.2 Å². The van der Waals surface area contributed by atoms with Gasteiger partial charge in [0.25, 0.3) is 11.7 Å². The quantitative estimate of drug-likeness (QED) is 0.733. The van der Waals surface area contributed by atoms with Crippen LogP contribution in [0.1, 0.15) is 18.4 Å². The molecule has 27 heavy (non-hydrogen) atoms. The van der Waals surface area contributed by atoms with Gasteiger partial charge in [-0.2, -0.15) is 0 Å². The number of rotatable bonds is 6. The number of fused-ring (bicyclic) bond motifs is 2. The van der Waals surface area contributed by atoms with Gasteiger partial charge in [0.1, 0.15) is 11.5 Å². The fraction of sp³-hybridized carbons (Fsp3) is 0.381. The van der Waals surface area contributed by atoms with Crippen LogP contribution in [0.5, 0.6) is 11.5 Å². The molecule has 6 nitrogen and oxygen atoms in total. The summed E-state index contributed by atoms with van der Waals surface area (Å²) in [7, 11) is 1.63. The van der Waals surface area contributed by atoms with Crippen molar-refractivity contribution in [2.24, 2.45) is 0 Å². The number of para-hydroxylation sites is 1. The molecule has 2 aliphatic heterocycles. The van der Waals surface area contributed by atoms with Gasteiger partial charge in [0, 0.05) is 12.1 Å². The number of benzene rings is 2. The highest BCUT2D eigenvalue weighted by atomic mass is 16.7. The minimum Gasteiger partial charge on any atom is -0.497 e. The highest BCUT2D eigenvalue weighted by molar-refractivity contribution is 6.06. The van der Waals surface area contributed by atoms with Crippen molar-refractivity contribution in [2.75, 3.05) is 38.4 Å². The van der Waals surface area contributed by atoms with E-state index < -0.39 is 5.79 Å². The Morgan fingerprint density at radius 3 is 2.48 bits per heavy atom. The third-order valence-electron chi connectivity index (χ3n) is 4.83. The highest BCUT2D eigenvalue weighted by Crippen LogP contribution is 2.44. The Morgan fingerprint density at radius 2 is 1.74 bits per heavy atom. The molecule has 0 N–H and O–H groups in total. The minimum absolute atomic E-state index is 0.146. The molecule has 4 rings (SSSR count). The van der Waals surface area contributed by atoms with E-state index >= 15 is 0 Å². The van der Waals surface area contributed by atoms with Gasteiger partial charge in [-0.15, -0.1) is 0 Å². The van der Waals surface area contributed by atoms with Crippen LogP contribution in [-0.2, 0) is 20.1 Å². The molecule has 0 unspecified atom stereocenters. The van der Waals surface area contributed by atoms with Crippen LogP contribution in [0.25, 0.3) is 0 Å². The van der Waals surface area contributed by atoms with Crippen LogP contribution < -0.4 is 14.4 Å². The van der Waals surface area contributed by atoms with Gasteiger partial charge < -0.3 is 23.8 Å². The SMILES string of the molecule is COc1ccc(OCCCN2C(=O)C3(OCCCO3)c3ccccc32)cc1. The molecular weight excluding hydrogens is 346 g/mol. The number of nitrogens with zero attached hydrogens (tertiary/aromatic N) is 1. The molecule has 0 aromatic heterocycles. The Bertz CT molecular complexity index is 798. The molecule has 1 fully saturated rings. The Hall–Kier alpha value is -2.57. The van der Waals surface area contributed by atoms with Crippen molar-refractivity contribution in [1.29, 1.82) is 0 Å². The summed E-state index contributed by atoms with van der Waals surface area (Å²) in [6, 6.07) is 15.1. The average molecular weight is 369 g/mol. The standard InChI is InChI=1S/C21H23NO5/c1-24-16-8-10-17(11-9-16)25-13-4-12-22-19-7-3-2-6-18(19)21(20(22)23)26-14-5-15-27-21/h2-3,6-11H,4-5,12-15H2,1H3. The number of carbonyl (C=O) groups is 1. The van der Waals surface area contributed by atoms with Gasteiger partial charge in [-0.05, 0) is 43.2 Å². The fourth-order valence-corrected chi connectivity index (χ4v) is 3.51. The molecule has 142 valence electrons. The fourth-order valence-electron chi connectivity index (χ4n) is 3.51. The number of carbonyl (C=O) groups excluding carboxylic acids is 1. The Balaban J connectivity index is 1.40. The van der Waals surface area contributed by atoms with Gasteiger partial charge in [0.15, 0.2) is 0 Å². The molecule has 0 aliphatic carbocycles. The summed E-state index contributed by atoms with van der Waals surface area (Å²) in [4.78, 5) is 14.8. The lowest BCUT2D eigenvalue weighted by molar-refractivity contribution is -0.256. The summed E-state index contributed by atoms with van der Waals surface area (Å²) in [6.07, 6.45) is 1.50. The van der Waals surface area contributed by atoms with Crippen LogP contribution in [-0.4, -0.2) is 39.4 Å². The van der Waals surface area contributed by atoms with Crippen molar-refractivity contribution in [1.82, 2.24) is 0 Å². The first-order valence-electron chi connectivity index (χ1n) is 9.21. The number of hydrogen-bond acceptors (Lipinski definition) is 5. The van der Waals surface area contributed by atoms with E-state index in [4.69, 9.17) is 18.9 Å². The minimum atomic E-state index is -1.27. The average Bonchev–Trinajstić information content (AvgIpc) is 2.95. The first-order valence-corrected chi connectivity index (χ1v) is 9.21. The second-order valence-electron chi connectivity index (χ2n) is 6.52. The molecule has 1 spiro atoms. The summed E-state index contributed by atoms with van der Waals surface area (Å²) < 4.78 is 22.6. The molecule has 1 amide bonds.